The molecule has 0 atom stereocenters. The van der Waals surface area contributed by atoms with Crippen LogP contribution in [0.2, 0.25) is 0 Å². The Bertz CT molecular complexity index is 192. The lowest BCUT2D eigenvalue weighted by Crippen LogP contribution is -2.19. The topological polar surface area (TPSA) is 43.4 Å². The van der Waals surface area contributed by atoms with Gasteiger partial charge in [0.1, 0.15) is 0 Å². The highest BCUT2D eigenvalue weighted by molar-refractivity contribution is 7.87. The molecular weight excluding hydrogens is 164 g/mol. The van der Waals surface area contributed by atoms with Crippen LogP contribution >= 0.6 is 0 Å². The van der Waals surface area contributed by atoms with E-state index in [1.807, 2.05) is 13.8 Å². The smallest absolute Gasteiger partial charge is 0.269 e. The van der Waals surface area contributed by atoms with Crippen molar-refractivity contribution in [3.8, 4) is 0 Å². The fourth-order valence-electron chi connectivity index (χ4n) is 0.367. The highest BCUT2D eigenvalue weighted by Crippen LogP contribution is 2.04. The van der Waals surface area contributed by atoms with E-state index in [1.165, 1.54) is 0 Å². The van der Waals surface area contributed by atoms with Gasteiger partial charge in [-0.3, -0.25) is 4.18 Å². The van der Waals surface area contributed by atoms with Crippen LogP contribution in [0.4, 0.5) is 0 Å². The zero-order chi connectivity index (χ0) is 9.07. The van der Waals surface area contributed by atoms with Crippen LogP contribution in [0.25, 0.3) is 0 Å². The summed E-state index contributed by atoms with van der Waals surface area (Å²) in [7, 11) is -3.29. The lowest BCUT2D eigenvalue weighted by Gasteiger charge is -2.09. The minimum atomic E-state index is -3.29. The molecule has 0 aromatic heterocycles. The van der Waals surface area contributed by atoms with Gasteiger partial charge >= 0.3 is 0 Å². The maximum absolute atomic E-state index is 11.0. The first-order chi connectivity index (χ1) is 4.86. The monoisotopic (exact) mass is 180 g/mol. The van der Waals surface area contributed by atoms with E-state index in [0.717, 1.165) is 0 Å². The van der Waals surface area contributed by atoms with Crippen molar-refractivity contribution < 1.29 is 12.6 Å². The van der Waals surface area contributed by atoms with Gasteiger partial charge in [0, 0.05) is 0 Å². The van der Waals surface area contributed by atoms with Crippen molar-refractivity contribution in [1.29, 1.82) is 0 Å². The first kappa shape index (κ1) is 10.9. The summed E-state index contributed by atoms with van der Waals surface area (Å²) in [5.41, 5.74) is 0. The highest BCUT2D eigenvalue weighted by Gasteiger charge is 2.16. The number of rotatable bonds is 4. The quantitative estimate of drug-likeness (QED) is 0.614. The summed E-state index contributed by atoms with van der Waals surface area (Å²) >= 11 is 0. The molecular formula is C7H16O3S. The summed E-state index contributed by atoms with van der Waals surface area (Å²) in [6, 6.07) is 0. The van der Waals surface area contributed by atoms with Gasteiger partial charge in [-0.05, 0) is 19.8 Å². The van der Waals surface area contributed by atoms with E-state index in [1.54, 1.807) is 13.8 Å². The van der Waals surface area contributed by atoms with Gasteiger partial charge in [0.25, 0.3) is 10.1 Å². The molecule has 0 aliphatic carbocycles. The van der Waals surface area contributed by atoms with Gasteiger partial charge in [-0.1, -0.05) is 13.8 Å². The van der Waals surface area contributed by atoms with E-state index in [2.05, 4.69) is 0 Å². The third-order valence-corrected chi connectivity index (χ3v) is 2.76. The molecule has 0 saturated heterocycles. The van der Waals surface area contributed by atoms with Crippen LogP contribution in [0.1, 0.15) is 27.7 Å². The Hall–Kier alpha value is -0.0900. The average Bonchev–Trinajstić information content (AvgIpc) is 1.84. The molecule has 11 heavy (non-hydrogen) atoms. The van der Waals surface area contributed by atoms with Crippen molar-refractivity contribution >= 4 is 10.1 Å². The second-order valence-electron chi connectivity index (χ2n) is 3.22. The summed E-state index contributed by atoms with van der Waals surface area (Å²) < 4.78 is 26.7. The van der Waals surface area contributed by atoms with Gasteiger partial charge in [0.05, 0.1) is 11.9 Å². The fraction of sp³-hybridized carbons (Fsp3) is 1.00. The Kier molecular flexibility index (Phi) is 4.03. The average molecular weight is 180 g/mol. The maximum atomic E-state index is 11.0. The van der Waals surface area contributed by atoms with Gasteiger partial charge in [-0.2, -0.15) is 8.42 Å². The van der Waals surface area contributed by atoms with Crippen LogP contribution in [0.5, 0.6) is 0 Å². The van der Waals surface area contributed by atoms with Crippen LogP contribution in [0.15, 0.2) is 0 Å². The molecule has 0 amide bonds. The molecule has 0 aromatic carbocycles. The SMILES string of the molecule is CC(C)COS(=O)(=O)C(C)C. The number of hydrogen-bond acceptors (Lipinski definition) is 3. The summed E-state index contributed by atoms with van der Waals surface area (Å²) in [6.45, 7) is 7.32. The lowest BCUT2D eigenvalue weighted by atomic mass is 10.2. The second-order valence-corrected chi connectivity index (χ2v) is 5.38. The van der Waals surface area contributed by atoms with Gasteiger partial charge in [-0.25, -0.2) is 0 Å². The molecule has 0 aromatic rings. The molecule has 0 N–H and O–H groups in total. The molecule has 0 aliphatic rings. The Balaban J connectivity index is 3.95. The normalized spacial score (nSPS) is 12.9. The molecule has 0 unspecified atom stereocenters. The largest absolute Gasteiger partial charge is 0.270 e. The van der Waals surface area contributed by atoms with Gasteiger partial charge in [-0.15, -0.1) is 0 Å². The molecule has 0 bridgehead atoms. The van der Waals surface area contributed by atoms with Crippen LogP contribution < -0.4 is 0 Å². The van der Waals surface area contributed by atoms with E-state index < -0.39 is 15.4 Å². The van der Waals surface area contributed by atoms with Crippen molar-refractivity contribution in [1.82, 2.24) is 0 Å². The van der Waals surface area contributed by atoms with E-state index in [4.69, 9.17) is 4.18 Å². The molecule has 0 rings (SSSR count). The standard InChI is InChI=1S/C7H16O3S/c1-6(2)5-10-11(8,9)7(3)4/h6-7H,5H2,1-4H3. The van der Waals surface area contributed by atoms with Crippen molar-refractivity contribution in [2.75, 3.05) is 6.61 Å². The van der Waals surface area contributed by atoms with E-state index >= 15 is 0 Å². The van der Waals surface area contributed by atoms with Crippen LogP contribution in [-0.4, -0.2) is 20.3 Å². The maximum Gasteiger partial charge on any atom is 0.269 e. The van der Waals surface area contributed by atoms with Crippen molar-refractivity contribution in [3.05, 3.63) is 0 Å². The zero-order valence-corrected chi connectivity index (χ0v) is 8.31. The van der Waals surface area contributed by atoms with E-state index in [0.29, 0.717) is 0 Å². The third-order valence-electron chi connectivity index (χ3n) is 1.14. The Labute approximate surface area is 68.9 Å². The molecule has 0 saturated carbocycles. The molecule has 0 heterocycles. The van der Waals surface area contributed by atoms with Crippen LogP contribution in [-0.2, 0) is 14.3 Å². The van der Waals surface area contributed by atoms with Gasteiger partial charge in [0.2, 0.25) is 0 Å². The highest BCUT2D eigenvalue weighted by atomic mass is 32.2. The minimum Gasteiger partial charge on any atom is -0.270 e. The van der Waals surface area contributed by atoms with Crippen molar-refractivity contribution in [2.24, 2.45) is 5.92 Å². The minimum absolute atomic E-state index is 0.253. The fourth-order valence-corrected chi connectivity index (χ4v) is 1.10. The molecule has 0 radical (unpaired) electrons. The second kappa shape index (κ2) is 4.07. The summed E-state index contributed by atoms with van der Waals surface area (Å²) in [6.07, 6.45) is 0. The Morgan fingerprint density at radius 1 is 1.18 bits per heavy atom. The molecule has 0 spiro atoms. The summed E-state index contributed by atoms with van der Waals surface area (Å²) in [5.74, 6) is 0.253. The number of hydrogen-bond donors (Lipinski definition) is 0. The van der Waals surface area contributed by atoms with Gasteiger partial charge < -0.3 is 0 Å². The lowest BCUT2D eigenvalue weighted by molar-refractivity contribution is 0.272. The van der Waals surface area contributed by atoms with Crippen LogP contribution in [0, 0.1) is 5.92 Å². The Morgan fingerprint density at radius 2 is 1.64 bits per heavy atom. The molecule has 68 valence electrons. The molecule has 0 aliphatic heterocycles. The van der Waals surface area contributed by atoms with Crippen LogP contribution in [0.3, 0.4) is 0 Å². The predicted octanol–water partition coefficient (Wildman–Crippen LogP) is 1.40. The van der Waals surface area contributed by atoms with E-state index in [9.17, 15) is 8.42 Å². The van der Waals surface area contributed by atoms with Crippen molar-refractivity contribution in [2.45, 2.75) is 32.9 Å². The van der Waals surface area contributed by atoms with Crippen molar-refractivity contribution in [3.63, 3.8) is 0 Å². The summed E-state index contributed by atoms with van der Waals surface area (Å²) in [4.78, 5) is 0. The third kappa shape index (κ3) is 4.37. The first-order valence-electron chi connectivity index (χ1n) is 3.74. The first-order valence-corrected chi connectivity index (χ1v) is 5.21. The predicted molar refractivity (Wildman–Crippen MR) is 44.8 cm³/mol. The zero-order valence-electron chi connectivity index (χ0n) is 7.49. The van der Waals surface area contributed by atoms with E-state index in [-0.39, 0.29) is 12.5 Å². The van der Waals surface area contributed by atoms with Gasteiger partial charge in [0.15, 0.2) is 0 Å². The Morgan fingerprint density at radius 3 is 1.91 bits per heavy atom. The molecule has 3 nitrogen and oxygen atoms in total. The molecule has 4 heteroatoms. The molecule has 0 fully saturated rings. The summed E-state index contributed by atoms with van der Waals surface area (Å²) in [5, 5.41) is -0.443.